The summed E-state index contributed by atoms with van der Waals surface area (Å²) in [7, 11) is -3.06. The first-order valence-electron chi connectivity index (χ1n) is 12.4. The fourth-order valence-corrected chi connectivity index (χ4v) is 4.42. The van der Waals surface area contributed by atoms with Crippen LogP contribution in [0.25, 0.3) is 11.1 Å². The molecular formula is C28H34N2O8S. The summed E-state index contributed by atoms with van der Waals surface area (Å²) in [4.78, 5) is 12.2. The summed E-state index contributed by atoms with van der Waals surface area (Å²) in [6.07, 6.45) is -1.20. The zero-order valence-corrected chi connectivity index (χ0v) is 22.9. The first-order chi connectivity index (χ1) is 18.6. The Balaban J connectivity index is 1.70. The van der Waals surface area contributed by atoms with E-state index in [2.05, 4.69) is 16.4 Å². The van der Waals surface area contributed by atoms with Crippen LogP contribution in [0.4, 0.5) is 0 Å². The number of aliphatic hydroxyl groups is 1. The highest BCUT2D eigenvalue weighted by Crippen LogP contribution is 2.36. The number of hydrogen-bond acceptors (Lipinski definition) is 9. The Morgan fingerprint density at radius 3 is 2.31 bits per heavy atom. The zero-order chi connectivity index (χ0) is 28.4. The van der Waals surface area contributed by atoms with E-state index in [0.717, 1.165) is 5.56 Å². The number of carbonyl (C=O) groups excluding carboxylic acids is 1. The van der Waals surface area contributed by atoms with Gasteiger partial charge in [0.15, 0.2) is 17.6 Å². The van der Waals surface area contributed by atoms with Gasteiger partial charge < -0.3 is 28.8 Å². The maximum Gasteiger partial charge on any atom is 0.382 e. The maximum atomic E-state index is 12.2. The Kier molecular flexibility index (Phi) is 10.7. The van der Waals surface area contributed by atoms with Crippen molar-refractivity contribution in [3.05, 3.63) is 77.9 Å². The molecule has 11 heteroatoms. The fourth-order valence-electron chi connectivity index (χ4n) is 4.10. The summed E-state index contributed by atoms with van der Waals surface area (Å²) in [5, 5.41) is 18.8. The van der Waals surface area contributed by atoms with E-state index in [1.165, 1.54) is 13.2 Å². The minimum atomic E-state index is -4.57. The Bertz CT molecular complexity index is 1360. The summed E-state index contributed by atoms with van der Waals surface area (Å²) in [6, 6.07) is 19.8. The molecule has 39 heavy (non-hydrogen) atoms. The monoisotopic (exact) mass is 558 g/mol. The second-order valence-corrected chi connectivity index (χ2v) is 9.86. The maximum absolute atomic E-state index is 12.2. The first kappa shape index (κ1) is 29.9. The summed E-state index contributed by atoms with van der Waals surface area (Å²) in [5.41, 5.74) is 2.23. The van der Waals surface area contributed by atoms with E-state index in [1.807, 2.05) is 43.3 Å². The molecule has 0 saturated carbocycles. The molecule has 0 heterocycles. The molecule has 0 aliphatic heterocycles. The average molecular weight is 559 g/mol. The van der Waals surface area contributed by atoms with Gasteiger partial charge in [-0.15, -0.1) is 0 Å². The lowest BCUT2D eigenvalue weighted by molar-refractivity contribution is -0.143. The number of benzene rings is 3. The third-order valence-corrected chi connectivity index (χ3v) is 6.17. The number of nitrogens with one attached hydrogen (secondary N) is 1. The van der Waals surface area contributed by atoms with Gasteiger partial charge in [0.25, 0.3) is 0 Å². The molecule has 3 aromatic carbocycles. The smallest absolute Gasteiger partial charge is 0.382 e. The third kappa shape index (κ3) is 8.69. The van der Waals surface area contributed by atoms with Crippen molar-refractivity contribution in [1.82, 2.24) is 5.32 Å². The van der Waals surface area contributed by atoms with E-state index >= 15 is 0 Å². The minimum absolute atomic E-state index is 0.0996. The van der Waals surface area contributed by atoms with Crippen LogP contribution in [-0.2, 0) is 25.7 Å². The number of nitrogens with two attached hydrogens (primary N) is 1. The largest absolute Gasteiger partial charge is 0.496 e. The van der Waals surface area contributed by atoms with Crippen LogP contribution in [0, 0.1) is 0 Å². The molecule has 0 radical (unpaired) electrons. The van der Waals surface area contributed by atoms with Crippen molar-refractivity contribution in [3.8, 4) is 28.4 Å². The lowest BCUT2D eigenvalue weighted by atomic mass is 9.93. The topological polar surface area (TPSA) is 146 Å². The van der Waals surface area contributed by atoms with E-state index in [4.69, 9.17) is 19.3 Å². The molecule has 0 amide bonds. The molecule has 0 aliphatic carbocycles. The summed E-state index contributed by atoms with van der Waals surface area (Å²) < 4.78 is 43.5. The highest BCUT2D eigenvalue weighted by Gasteiger charge is 2.26. The summed E-state index contributed by atoms with van der Waals surface area (Å²) >= 11 is 0. The van der Waals surface area contributed by atoms with E-state index in [0.29, 0.717) is 54.6 Å². The van der Waals surface area contributed by atoms with E-state index in [-0.39, 0.29) is 11.6 Å². The van der Waals surface area contributed by atoms with Crippen LogP contribution in [0.3, 0.4) is 0 Å². The molecular weight excluding hydrogens is 524 g/mol. The summed E-state index contributed by atoms with van der Waals surface area (Å²) in [6.45, 7) is 5.61. The van der Waals surface area contributed by atoms with Crippen LogP contribution in [0.1, 0.15) is 31.1 Å². The number of rotatable bonds is 14. The molecule has 2 atom stereocenters. The van der Waals surface area contributed by atoms with Crippen molar-refractivity contribution < 1.29 is 36.7 Å². The molecule has 4 N–H and O–H groups in total. The van der Waals surface area contributed by atoms with Gasteiger partial charge in [0, 0.05) is 18.2 Å². The van der Waals surface area contributed by atoms with E-state index in [9.17, 15) is 18.3 Å². The van der Waals surface area contributed by atoms with Gasteiger partial charge in [-0.05, 0) is 61.2 Å². The second-order valence-electron chi connectivity index (χ2n) is 8.71. The average Bonchev–Trinajstić information content (AvgIpc) is 2.90. The van der Waals surface area contributed by atoms with Crippen molar-refractivity contribution >= 4 is 16.3 Å². The van der Waals surface area contributed by atoms with Gasteiger partial charge in [0.1, 0.15) is 12.4 Å². The fraction of sp³-hybridized carbons (Fsp3) is 0.321. The van der Waals surface area contributed by atoms with Gasteiger partial charge in [-0.2, -0.15) is 13.6 Å². The zero-order valence-electron chi connectivity index (χ0n) is 22.1. The first-order valence-corrected chi connectivity index (χ1v) is 13.9. The Hall–Kier alpha value is -3.64. The molecule has 0 saturated heterocycles. The van der Waals surface area contributed by atoms with Crippen LogP contribution in [0.2, 0.25) is 0 Å². The lowest BCUT2D eigenvalue weighted by Gasteiger charge is -2.19. The molecule has 0 aromatic heterocycles. The molecule has 210 valence electrons. The van der Waals surface area contributed by atoms with Crippen LogP contribution >= 0.6 is 0 Å². The third-order valence-electron chi connectivity index (χ3n) is 5.77. The Morgan fingerprint density at radius 2 is 1.64 bits per heavy atom. The molecule has 0 aliphatic rings. The molecule has 1 unspecified atom stereocenters. The van der Waals surface area contributed by atoms with E-state index in [1.54, 1.807) is 24.3 Å². The molecule has 0 bridgehead atoms. The number of carbonyl (C=O) groups is 1. The quantitative estimate of drug-likeness (QED) is 0.254. The molecule has 3 rings (SSSR count). The standard InChI is InChI=1S/C28H34N2O8S/c1-4-36-25-11-7-8-12-26(25)37-16-15-30-19(2)17-20-13-14-24(35-3)23(18-20)21-9-5-6-10-22(21)27(31)28(32)38-39(29,33)34/h5-14,18-19,27,30-31H,4,15-17H2,1-3H3,(H2,29,33,34)/t19-,27?/m1/s1. The SMILES string of the molecule is CCOc1ccccc1OCCN[C@H](C)Cc1ccc(OC)c(-c2ccccc2C(O)C(=O)OS(N)(=O)=O)c1. The number of para-hydroxylation sites is 2. The van der Waals surface area contributed by atoms with Gasteiger partial charge in [-0.1, -0.05) is 42.5 Å². The molecule has 0 fully saturated rings. The van der Waals surface area contributed by atoms with Gasteiger partial charge in [0.2, 0.25) is 0 Å². The van der Waals surface area contributed by atoms with Crippen LogP contribution < -0.4 is 24.7 Å². The second kappa shape index (κ2) is 13.9. The van der Waals surface area contributed by atoms with Crippen molar-refractivity contribution in [2.45, 2.75) is 32.4 Å². The molecule has 10 nitrogen and oxygen atoms in total. The highest BCUT2D eigenvalue weighted by atomic mass is 32.2. The lowest BCUT2D eigenvalue weighted by Crippen LogP contribution is -2.31. The number of aliphatic hydroxyl groups excluding tert-OH is 1. The van der Waals surface area contributed by atoms with Crippen LogP contribution in [-0.4, -0.2) is 52.4 Å². The van der Waals surface area contributed by atoms with Crippen molar-refractivity contribution in [3.63, 3.8) is 0 Å². The van der Waals surface area contributed by atoms with Gasteiger partial charge >= 0.3 is 16.3 Å². The van der Waals surface area contributed by atoms with Gasteiger partial charge in [-0.3, -0.25) is 0 Å². The van der Waals surface area contributed by atoms with Crippen molar-refractivity contribution in [2.75, 3.05) is 26.9 Å². The van der Waals surface area contributed by atoms with E-state index < -0.39 is 22.4 Å². The number of ether oxygens (including phenoxy) is 3. The molecule has 0 spiro atoms. The van der Waals surface area contributed by atoms with Crippen LogP contribution in [0.15, 0.2) is 66.7 Å². The van der Waals surface area contributed by atoms with Crippen molar-refractivity contribution in [1.29, 1.82) is 0 Å². The normalized spacial score (nSPS) is 12.8. The predicted octanol–water partition coefficient (Wildman–Crippen LogP) is 3.14. The van der Waals surface area contributed by atoms with Gasteiger partial charge in [-0.25, -0.2) is 4.79 Å². The Morgan fingerprint density at radius 1 is 0.974 bits per heavy atom. The van der Waals surface area contributed by atoms with Gasteiger partial charge in [0.05, 0.1) is 13.7 Å². The minimum Gasteiger partial charge on any atom is -0.496 e. The molecule has 3 aromatic rings. The summed E-state index contributed by atoms with van der Waals surface area (Å²) in [5.74, 6) is 0.522. The van der Waals surface area contributed by atoms with Crippen molar-refractivity contribution in [2.24, 2.45) is 5.14 Å². The predicted molar refractivity (Wildman–Crippen MR) is 147 cm³/mol. The number of methoxy groups -OCH3 is 1. The highest BCUT2D eigenvalue weighted by molar-refractivity contribution is 7.84. The number of hydrogen-bond donors (Lipinski definition) is 3. The van der Waals surface area contributed by atoms with Crippen LogP contribution in [0.5, 0.6) is 17.2 Å². The Labute approximate surface area is 228 Å².